The van der Waals surface area contributed by atoms with Gasteiger partial charge in [0.15, 0.2) is 0 Å². The van der Waals surface area contributed by atoms with E-state index in [2.05, 4.69) is 16.6 Å². The first-order valence-corrected chi connectivity index (χ1v) is 6.75. The number of nitrogens with zero attached hydrogens (tertiary/aromatic N) is 2. The quantitative estimate of drug-likeness (QED) is 0.854. The van der Waals surface area contributed by atoms with Crippen molar-refractivity contribution in [2.24, 2.45) is 7.05 Å². The molecule has 4 heteroatoms. The molecule has 1 aromatic heterocycles. The molecule has 1 saturated carbocycles. The van der Waals surface area contributed by atoms with Crippen molar-refractivity contribution >= 4 is 17.7 Å². The minimum Gasteiger partial charge on any atom is -0.354 e. The maximum atomic E-state index is 4.28. The maximum absolute atomic E-state index is 4.28. The number of rotatable bonds is 4. The Kier molecular flexibility index (Phi) is 3.24. The van der Waals surface area contributed by atoms with Gasteiger partial charge in [-0.2, -0.15) is 11.8 Å². The molecular weight excluding hydrogens is 206 g/mol. The van der Waals surface area contributed by atoms with Crippen LogP contribution in [0.2, 0.25) is 0 Å². The van der Waals surface area contributed by atoms with E-state index >= 15 is 0 Å². The van der Waals surface area contributed by atoms with Crippen LogP contribution in [-0.2, 0) is 7.05 Å². The molecule has 3 nitrogen and oxygen atoms in total. The van der Waals surface area contributed by atoms with Gasteiger partial charge in [-0.15, -0.1) is 0 Å². The monoisotopic (exact) mass is 225 g/mol. The minimum atomic E-state index is 0.450. The van der Waals surface area contributed by atoms with Gasteiger partial charge in [-0.1, -0.05) is 12.8 Å². The summed E-state index contributed by atoms with van der Waals surface area (Å²) in [6, 6.07) is 0. The van der Waals surface area contributed by atoms with Crippen LogP contribution in [0.15, 0.2) is 12.4 Å². The Morgan fingerprint density at radius 3 is 2.80 bits per heavy atom. The van der Waals surface area contributed by atoms with Gasteiger partial charge >= 0.3 is 0 Å². The maximum Gasteiger partial charge on any atom is 0.202 e. The summed E-state index contributed by atoms with van der Waals surface area (Å²) in [7, 11) is 2.02. The summed E-state index contributed by atoms with van der Waals surface area (Å²) in [6.07, 6.45) is 11.5. The second kappa shape index (κ2) is 4.47. The Morgan fingerprint density at radius 2 is 2.27 bits per heavy atom. The second-order valence-electron chi connectivity index (χ2n) is 4.31. The lowest BCUT2D eigenvalue weighted by Crippen LogP contribution is -2.30. The van der Waals surface area contributed by atoms with E-state index < -0.39 is 0 Å². The minimum absolute atomic E-state index is 0.450. The van der Waals surface area contributed by atoms with Crippen LogP contribution < -0.4 is 5.32 Å². The highest BCUT2D eigenvalue weighted by Gasteiger charge is 2.32. The molecule has 2 rings (SSSR count). The van der Waals surface area contributed by atoms with Gasteiger partial charge in [-0.25, -0.2) is 4.98 Å². The molecule has 0 amide bonds. The molecule has 15 heavy (non-hydrogen) atoms. The fourth-order valence-corrected chi connectivity index (χ4v) is 3.16. The Balaban J connectivity index is 1.94. The van der Waals surface area contributed by atoms with Gasteiger partial charge in [0.1, 0.15) is 0 Å². The van der Waals surface area contributed by atoms with Crippen molar-refractivity contribution in [1.29, 1.82) is 0 Å². The van der Waals surface area contributed by atoms with Gasteiger partial charge in [0.2, 0.25) is 5.95 Å². The zero-order valence-corrected chi connectivity index (χ0v) is 10.3. The average Bonchev–Trinajstić information content (AvgIpc) is 2.85. The number of nitrogens with one attached hydrogen (secondary N) is 1. The molecule has 1 N–H and O–H groups in total. The van der Waals surface area contributed by atoms with Crippen molar-refractivity contribution in [3.05, 3.63) is 12.4 Å². The summed E-state index contributed by atoms with van der Waals surface area (Å²) >= 11 is 2.01. The van der Waals surface area contributed by atoms with E-state index in [4.69, 9.17) is 0 Å². The third-order valence-electron chi connectivity index (χ3n) is 3.34. The van der Waals surface area contributed by atoms with Crippen molar-refractivity contribution in [2.75, 3.05) is 18.1 Å². The van der Waals surface area contributed by atoms with Gasteiger partial charge in [0.25, 0.3) is 0 Å². The van der Waals surface area contributed by atoms with E-state index in [0.717, 1.165) is 12.5 Å². The van der Waals surface area contributed by atoms with E-state index in [1.165, 1.54) is 25.7 Å². The van der Waals surface area contributed by atoms with Gasteiger partial charge in [0, 0.05) is 30.7 Å². The van der Waals surface area contributed by atoms with Gasteiger partial charge < -0.3 is 9.88 Å². The van der Waals surface area contributed by atoms with E-state index in [0.29, 0.717) is 4.75 Å². The standard InChI is InChI=1S/C11H19N3S/c1-14-8-7-12-10(14)13-9-11(15-2)5-3-4-6-11/h7-8H,3-6,9H2,1-2H3,(H,12,13). The lowest BCUT2D eigenvalue weighted by molar-refractivity contribution is 0.635. The molecule has 0 bridgehead atoms. The lowest BCUT2D eigenvalue weighted by Gasteiger charge is -2.27. The van der Waals surface area contributed by atoms with Crippen LogP contribution in [0.5, 0.6) is 0 Å². The molecule has 1 fully saturated rings. The van der Waals surface area contributed by atoms with Crippen molar-refractivity contribution in [3.8, 4) is 0 Å². The van der Waals surface area contributed by atoms with Crippen LogP contribution in [0, 0.1) is 0 Å². The fraction of sp³-hybridized carbons (Fsp3) is 0.727. The zero-order chi connectivity index (χ0) is 10.7. The van der Waals surface area contributed by atoms with E-state index in [1.54, 1.807) is 0 Å². The van der Waals surface area contributed by atoms with Crippen LogP contribution in [0.25, 0.3) is 0 Å². The Morgan fingerprint density at radius 1 is 1.53 bits per heavy atom. The molecule has 1 aromatic rings. The Bertz CT molecular complexity index is 315. The number of aromatic nitrogens is 2. The topological polar surface area (TPSA) is 29.9 Å². The predicted octanol–water partition coefficient (Wildman–Crippen LogP) is 2.51. The highest BCUT2D eigenvalue weighted by atomic mass is 32.2. The summed E-state index contributed by atoms with van der Waals surface area (Å²) in [5.41, 5.74) is 0. The molecule has 1 aliphatic rings. The SMILES string of the molecule is CSC1(CNc2nccn2C)CCCC1. The lowest BCUT2D eigenvalue weighted by atomic mass is 10.1. The smallest absolute Gasteiger partial charge is 0.202 e. The van der Waals surface area contributed by atoms with Gasteiger partial charge in [-0.05, 0) is 19.1 Å². The third kappa shape index (κ3) is 2.30. The Hall–Kier alpha value is -0.640. The molecule has 0 saturated heterocycles. The Labute approximate surface area is 95.7 Å². The van der Waals surface area contributed by atoms with Gasteiger partial charge in [0.05, 0.1) is 0 Å². The highest BCUT2D eigenvalue weighted by Crippen LogP contribution is 2.40. The first kappa shape index (κ1) is 10.9. The van der Waals surface area contributed by atoms with E-state index in [-0.39, 0.29) is 0 Å². The number of anilines is 1. The molecule has 0 radical (unpaired) electrons. The van der Waals surface area contributed by atoms with Crippen LogP contribution in [0.3, 0.4) is 0 Å². The number of aryl methyl sites for hydroxylation is 1. The summed E-state index contributed by atoms with van der Waals surface area (Å²) in [6.45, 7) is 1.04. The molecule has 0 aromatic carbocycles. The van der Waals surface area contributed by atoms with E-state index in [1.807, 2.05) is 35.8 Å². The van der Waals surface area contributed by atoms with Crippen molar-refractivity contribution in [3.63, 3.8) is 0 Å². The zero-order valence-electron chi connectivity index (χ0n) is 9.49. The normalized spacial score (nSPS) is 19.3. The van der Waals surface area contributed by atoms with Crippen LogP contribution >= 0.6 is 11.8 Å². The molecule has 84 valence electrons. The van der Waals surface area contributed by atoms with Crippen molar-refractivity contribution in [1.82, 2.24) is 9.55 Å². The number of imidazole rings is 1. The molecule has 1 heterocycles. The van der Waals surface area contributed by atoms with Gasteiger partial charge in [-0.3, -0.25) is 0 Å². The van der Waals surface area contributed by atoms with Crippen molar-refractivity contribution in [2.45, 2.75) is 30.4 Å². The number of hydrogen-bond acceptors (Lipinski definition) is 3. The molecule has 1 aliphatic carbocycles. The first-order chi connectivity index (χ1) is 7.26. The summed E-state index contributed by atoms with van der Waals surface area (Å²) in [5.74, 6) is 0.982. The fourth-order valence-electron chi connectivity index (χ4n) is 2.25. The first-order valence-electron chi connectivity index (χ1n) is 5.52. The molecule has 0 spiro atoms. The number of thioether (sulfide) groups is 1. The second-order valence-corrected chi connectivity index (χ2v) is 5.58. The van der Waals surface area contributed by atoms with E-state index in [9.17, 15) is 0 Å². The van der Waals surface area contributed by atoms with Crippen LogP contribution in [0.1, 0.15) is 25.7 Å². The summed E-state index contributed by atoms with van der Waals surface area (Å²) in [4.78, 5) is 4.28. The third-order valence-corrected chi connectivity index (χ3v) is 4.76. The molecule has 0 atom stereocenters. The molecule has 0 unspecified atom stereocenters. The summed E-state index contributed by atoms with van der Waals surface area (Å²) < 4.78 is 2.48. The molecular formula is C11H19N3S. The molecule has 0 aliphatic heterocycles. The number of hydrogen-bond donors (Lipinski definition) is 1. The van der Waals surface area contributed by atoms with Crippen molar-refractivity contribution < 1.29 is 0 Å². The summed E-state index contributed by atoms with van der Waals surface area (Å²) in [5, 5.41) is 3.46. The predicted molar refractivity (Wildman–Crippen MR) is 66.4 cm³/mol. The van der Waals surface area contributed by atoms with Crippen LogP contribution in [-0.4, -0.2) is 27.1 Å². The highest BCUT2D eigenvalue weighted by molar-refractivity contribution is 8.00. The average molecular weight is 225 g/mol. The van der Waals surface area contributed by atoms with Crippen LogP contribution in [0.4, 0.5) is 5.95 Å². The largest absolute Gasteiger partial charge is 0.354 e.